The predicted octanol–water partition coefficient (Wildman–Crippen LogP) is 3.29. The molecule has 1 saturated heterocycles. The summed E-state index contributed by atoms with van der Waals surface area (Å²) in [5.74, 6) is 0.00429. The maximum atomic E-state index is 13.3. The van der Waals surface area contributed by atoms with E-state index in [9.17, 15) is 17.6 Å². The van der Waals surface area contributed by atoms with Gasteiger partial charge in [-0.05, 0) is 61.5 Å². The van der Waals surface area contributed by atoms with Crippen LogP contribution in [0, 0.1) is 11.7 Å². The van der Waals surface area contributed by atoms with E-state index in [0.717, 1.165) is 24.8 Å². The maximum Gasteiger partial charge on any atom is 0.401 e. The zero-order chi connectivity index (χ0) is 15.7. The van der Waals surface area contributed by atoms with E-state index < -0.39 is 12.7 Å². The third-order valence-corrected chi connectivity index (χ3v) is 4.61. The minimum atomic E-state index is -4.12. The summed E-state index contributed by atoms with van der Waals surface area (Å²) in [4.78, 5) is 1.47. The fourth-order valence-electron chi connectivity index (χ4n) is 3.57. The van der Waals surface area contributed by atoms with Gasteiger partial charge in [0.25, 0.3) is 0 Å². The van der Waals surface area contributed by atoms with Crippen molar-refractivity contribution in [1.29, 1.82) is 0 Å². The molecule has 0 aromatic heterocycles. The smallest absolute Gasteiger partial charge is 0.310 e. The highest BCUT2D eigenvalue weighted by atomic mass is 19.4. The van der Waals surface area contributed by atoms with Gasteiger partial charge in [0, 0.05) is 12.6 Å². The Hall–Kier alpha value is -1.14. The Kier molecular flexibility index (Phi) is 4.41. The van der Waals surface area contributed by atoms with E-state index >= 15 is 0 Å². The van der Waals surface area contributed by atoms with Crippen molar-refractivity contribution in [3.05, 3.63) is 35.1 Å². The lowest BCUT2D eigenvalue weighted by Gasteiger charge is -2.19. The predicted molar refractivity (Wildman–Crippen MR) is 76.1 cm³/mol. The third-order valence-electron chi connectivity index (χ3n) is 4.61. The van der Waals surface area contributed by atoms with Gasteiger partial charge in [-0.2, -0.15) is 13.2 Å². The largest absolute Gasteiger partial charge is 0.401 e. The van der Waals surface area contributed by atoms with Gasteiger partial charge in [-0.25, -0.2) is 4.39 Å². The second kappa shape index (κ2) is 6.16. The van der Waals surface area contributed by atoms with Gasteiger partial charge in [0.05, 0.1) is 6.54 Å². The molecule has 1 aromatic carbocycles. The van der Waals surface area contributed by atoms with Crippen LogP contribution < -0.4 is 5.32 Å². The number of alkyl halides is 3. The molecule has 122 valence electrons. The molecule has 1 aromatic rings. The fraction of sp³-hybridized carbons (Fsp3) is 0.625. The molecule has 0 spiro atoms. The van der Waals surface area contributed by atoms with Crippen LogP contribution in [-0.4, -0.2) is 37.3 Å². The molecule has 1 fully saturated rings. The van der Waals surface area contributed by atoms with Crippen LogP contribution in [0.15, 0.2) is 18.2 Å². The van der Waals surface area contributed by atoms with Crippen molar-refractivity contribution in [2.24, 2.45) is 5.92 Å². The molecule has 1 N–H and O–H groups in total. The monoisotopic (exact) mass is 316 g/mol. The van der Waals surface area contributed by atoms with Crippen molar-refractivity contribution < 1.29 is 17.6 Å². The molecular weight excluding hydrogens is 296 g/mol. The number of hydrogen-bond donors (Lipinski definition) is 1. The van der Waals surface area contributed by atoms with Crippen LogP contribution in [0.5, 0.6) is 0 Å². The molecule has 1 heterocycles. The summed E-state index contributed by atoms with van der Waals surface area (Å²) in [6.45, 7) is 0.854. The molecule has 3 rings (SSSR count). The number of nitrogens with zero attached hydrogens (tertiary/aromatic N) is 1. The van der Waals surface area contributed by atoms with Crippen LogP contribution in [0.1, 0.15) is 30.0 Å². The summed E-state index contributed by atoms with van der Waals surface area (Å²) >= 11 is 0. The molecule has 0 unspecified atom stereocenters. The van der Waals surface area contributed by atoms with Crippen LogP contribution in [0.2, 0.25) is 0 Å². The van der Waals surface area contributed by atoms with Crippen molar-refractivity contribution in [2.45, 2.75) is 31.5 Å². The van der Waals surface area contributed by atoms with Crippen molar-refractivity contribution in [2.75, 3.05) is 26.2 Å². The van der Waals surface area contributed by atoms with E-state index in [2.05, 4.69) is 5.32 Å². The summed E-state index contributed by atoms with van der Waals surface area (Å²) in [5.41, 5.74) is 2.18. The number of likely N-dealkylation sites (tertiary alicyclic amines) is 1. The molecule has 0 saturated carbocycles. The Balaban J connectivity index is 1.50. The highest BCUT2D eigenvalue weighted by Crippen LogP contribution is 2.32. The number of benzene rings is 1. The van der Waals surface area contributed by atoms with E-state index in [-0.39, 0.29) is 17.8 Å². The Morgan fingerprint density at radius 2 is 2.05 bits per heavy atom. The molecular formula is C16H20F4N2. The lowest BCUT2D eigenvalue weighted by Crippen LogP contribution is -2.34. The topological polar surface area (TPSA) is 15.3 Å². The molecule has 0 bridgehead atoms. The number of aryl methyl sites for hydroxylation is 1. The van der Waals surface area contributed by atoms with Gasteiger partial charge in [0.15, 0.2) is 0 Å². The summed E-state index contributed by atoms with van der Waals surface area (Å²) in [7, 11) is 0. The van der Waals surface area contributed by atoms with Crippen molar-refractivity contribution in [3.8, 4) is 0 Å². The highest BCUT2D eigenvalue weighted by molar-refractivity contribution is 5.34. The first-order valence-corrected chi connectivity index (χ1v) is 7.71. The van der Waals surface area contributed by atoms with Gasteiger partial charge in [0.2, 0.25) is 0 Å². The number of nitrogens with one attached hydrogen (secondary N) is 1. The van der Waals surface area contributed by atoms with Gasteiger partial charge in [0.1, 0.15) is 5.82 Å². The molecule has 1 aliphatic heterocycles. The lowest BCUT2D eigenvalue weighted by molar-refractivity contribution is -0.143. The molecule has 22 heavy (non-hydrogen) atoms. The zero-order valence-corrected chi connectivity index (χ0v) is 12.3. The van der Waals surface area contributed by atoms with Crippen molar-refractivity contribution in [1.82, 2.24) is 10.2 Å². The first-order chi connectivity index (χ1) is 10.4. The van der Waals surface area contributed by atoms with E-state index in [4.69, 9.17) is 0 Å². The number of rotatable bonds is 4. The Labute approximate surface area is 127 Å². The number of halogens is 4. The van der Waals surface area contributed by atoms with Crippen molar-refractivity contribution in [3.63, 3.8) is 0 Å². The minimum Gasteiger partial charge on any atom is -0.310 e. The summed E-state index contributed by atoms with van der Waals surface area (Å²) in [5, 5.41) is 3.42. The van der Waals surface area contributed by atoms with Gasteiger partial charge < -0.3 is 5.32 Å². The van der Waals surface area contributed by atoms with Crippen LogP contribution in [-0.2, 0) is 6.42 Å². The Bertz CT molecular complexity index is 529. The van der Waals surface area contributed by atoms with Gasteiger partial charge >= 0.3 is 6.18 Å². The summed E-state index contributed by atoms with van der Waals surface area (Å²) in [6, 6.07) is 5.01. The maximum absolute atomic E-state index is 13.3. The lowest BCUT2D eigenvalue weighted by atomic mass is 10.1. The number of hydrogen-bond acceptors (Lipinski definition) is 2. The molecule has 6 heteroatoms. The average molecular weight is 316 g/mol. The molecule has 0 radical (unpaired) electrons. The summed E-state index contributed by atoms with van der Waals surface area (Å²) in [6.07, 6.45) is -1.48. The third kappa shape index (κ3) is 3.79. The van der Waals surface area contributed by atoms with E-state index in [1.165, 1.54) is 16.5 Å². The first kappa shape index (κ1) is 15.7. The van der Waals surface area contributed by atoms with E-state index in [1.54, 1.807) is 6.07 Å². The minimum absolute atomic E-state index is 0.127. The van der Waals surface area contributed by atoms with Gasteiger partial charge in [-0.3, -0.25) is 4.90 Å². The van der Waals surface area contributed by atoms with Crippen molar-refractivity contribution >= 4 is 0 Å². The second-order valence-electron chi connectivity index (χ2n) is 6.35. The molecule has 2 aliphatic rings. The molecule has 2 atom stereocenters. The normalized spacial score (nSPS) is 25.6. The second-order valence-corrected chi connectivity index (χ2v) is 6.35. The van der Waals surface area contributed by atoms with Crippen LogP contribution in [0.4, 0.5) is 17.6 Å². The Morgan fingerprint density at radius 3 is 2.82 bits per heavy atom. The Morgan fingerprint density at radius 1 is 1.23 bits per heavy atom. The first-order valence-electron chi connectivity index (χ1n) is 7.71. The standard InChI is InChI=1S/C16H20F4N2/c17-13-3-1-12-2-4-15(14(12)7-13)21-8-11-5-6-22(9-11)10-16(18,19)20/h1,3,7,11,15,21H,2,4-6,8-10H2/t11-,15+/m0/s1. The zero-order valence-electron chi connectivity index (χ0n) is 12.3. The van der Waals surface area contributed by atoms with E-state index in [0.29, 0.717) is 19.6 Å². The SMILES string of the molecule is Fc1ccc2c(c1)[C@H](NC[C@@H]1CCN(CC(F)(F)F)C1)CC2. The fourth-order valence-corrected chi connectivity index (χ4v) is 3.57. The average Bonchev–Trinajstić information content (AvgIpc) is 3.01. The van der Waals surface area contributed by atoms with Crippen LogP contribution >= 0.6 is 0 Å². The van der Waals surface area contributed by atoms with Gasteiger partial charge in [-0.15, -0.1) is 0 Å². The number of fused-ring (bicyclic) bond motifs is 1. The molecule has 0 amide bonds. The quantitative estimate of drug-likeness (QED) is 0.858. The molecule has 2 nitrogen and oxygen atoms in total. The van der Waals surface area contributed by atoms with Crippen LogP contribution in [0.3, 0.4) is 0 Å². The van der Waals surface area contributed by atoms with E-state index in [1.807, 2.05) is 6.07 Å². The highest BCUT2D eigenvalue weighted by Gasteiger charge is 2.34. The molecule has 1 aliphatic carbocycles. The van der Waals surface area contributed by atoms with Crippen LogP contribution in [0.25, 0.3) is 0 Å². The summed E-state index contributed by atoms with van der Waals surface area (Å²) < 4.78 is 50.5. The van der Waals surface area contributed by atoms with Gasteiger partial charge in [-0.1, -0.05) is 6.07 Å².